The first-order valence-electron chi connectivity index (χ1n) is 11.3. The van der Waals surface area contributed by atoms with Crippen molar-refractivity contribution in [1.29, 1.82) is 0 Å². The van der Waals surface area contributed by atoms with E-state index in [0.717, 1.165) is 32.1 Å². The summed E-state index contributed by atoms with van der Waals surface area (Å²) < 4.78 is 5.02. The maximum absolute atomic E-state index is 13.1. The van der Waals surface area contributed by atoms with Crippen LogP contribution in [0.3, 0.4) is 0 Å². The van der Waals surface area contributed by atoms with E-state index in [4.69, 9.17) is 4.52 Å². The molecule has 0 spiro atoms. The van der Waals surface area contributed by atoms with E-state index < -0.39 is 0 Å². The summed E-state index contributed by atoms with van der Waals surface area (Å²) in [4.78, 5) is 25.5. The van der Waals surface area contributed by atoms with Gasteiger partial charge in [-0.2, -0.15) is 0 Å². The minimum absolute atomic E-state index is 0.0503. The van der Waals surface area contributed by atoms with Crippen molar-refractivity contribution < 1.29 is 14.1 Å². The molecule has 5 nitrogen and oxygen atoms in total. The Hall–Kier alpha value is -2.43. The highest BCUT2D eigenvalue weighted by molar-refractivity contribution is 5.90. The number of carbonyl (C=O) groups excluding carboxylic acids is 2. The number of benzene rings is 1. The van der Waals surface area contributed by atoms with Gasteiger partial charge in [0.15, 0.2) is 5.82 Å². The number of amides is 1. The zero-order valence-corrected chi connectivity index (χ0v) is 17.8. The zero-order chi connectivity index (χ0) is 20.9. The van der Waals surface area contributed by atoms with Gasteiger partial charge in [0.2, 0.25) is 5.91 Å². The lowest BCUT2D eigenvalue weighted by molar-refractivity contribution is -0.129. The Morgan fingerprint density at radius 1 is 1.30 bits per heavy atom. The molecule has 0 saturated heterocycles. The van der Waals surface area contributed by atoms with E-state index in [0.29, 0.717) is 53.9 Å². The van der Waals surface area contributed by atoms with Crippen molar-refractivity contribution in [2.75, 3.05) is 5.32 Å². The number of ketones is 1. The fourth-order valence-electron chi connectivity index (χ4n) is 6.79. The normalized spacial score (nSPS) is 32.3. The third-order valence-electron chi connectivity index (χ3n) is 8.12. The molecular formula is C25H30N2O3. The average molecular weight is 407 g/mol. The fraction of sp³-hybridized carbons (Fsp3) is 0.560. The number of fused-ring (bicyclic) bond motifs is 5. The molecule has 0 radical (unpaired) electrons. The Morgan fingerprint density at radius 3 is 2.93 bits per heavy atom. The number of anilines is 1. The third kappa shape index (κ3) is 3.19. The number of carbonyl (C=O) groups is 2. The molecule has 30 heavy (non-hydrogen) atoms. The summed E-state index contributed by atoms with van der Waals surface area (Å²) in [5.41, 5.74) is 2.79. The largest absolute Gasteiger partial charge is 0.360 e. The molecule has 158 valence electrons. The lowest BCUT2D eigenvalue weighted by Gasteiger charge is -2.50. The van der Waals surface area contributed by atoms with Gasteiger partial charge in [-0.1, -0.05) is 36.3 Å². The summed E-state index contributed by atoms with van der Waals surface area (Å²) in [6.07, 6.45) is 6.17. The predicted molar refractivity (Wildman–Crippen MR) is 114 cm³/mol. The van der Waals surface area contributed by atoms with Gasteiger partial charge < -0.3 is 9.84 Å². The number of aromatic nitrogens is 1. The fourth-order valence-corrected chi connectivity index (χ4v) is 6.79. The number of rotatable bonds is 4. The summed E-state index contributed by atoms with van der Waals surface area (Å²) in [6, 6.07) is 10.6. The number of hydrogen-bond donors (Lipinski definition) is 1. The van der Waals surface area contributed by atoms with Crippen molar-refractivity contribution in [3.8, 4) is 0 Å². The first kappa shape index (κ1) is 19.5. The minimum Gasteiger partial charge on any atom is -0.360 e. The van der Waals surface area contributed by atoms with Crippen LogP contribution in [0.5, 0.6) is 0 Å². The van der Waals surface area contributed by atoms with Crippen LogP contribution in [-0.4, -0.2) is 16.8 Å². The van der Waals surface area contributed by atoms with E-state index in [-0.39, 0.29) is 11.3 Å². The SMILES string of the molecule is Cc1cc(NC(=O)CC[C@@H]2CC(=O)[C@@]3(C)CCC4c5ccccc5CCC4C23)no1. The Kier molecular flexibility index (Phi) is 4.79. The van der Waals surface area contributed by atoms with Crippen molar-refractivity contribution in [3.63, 3.8) is 0 Å². The quantitative estimate of drug-likeness (QED) is 0.771. The zero-order valence-electron chi connectivity index (χ0n) is 17.8. The van der Waals surface area contributed by atoms with Crippen LogP contribution >= 0.6 is 0 Å². The van der Waals surface area contributed by atoms with Crippen LogP contribution in [0.15, 0.2) is 34.9 Å². The average Bonchev–Trinajstić information content (AvgIpc) is 3.26. The Morgan fingerprint density at radius 2 is 2.13 bits per heavy atom. The highest BCUT2D eigenvalue weighted by Gasteiger charge is 2.58. The van der Waals surface area contributed by atoms with E-state index in [1.54, 1.807) is 13.0 Å². The number of nitrogens with one attached hydrogen (secondary N) is 1. The summed E-state index contributed by atoms with van der Waals surface area (Å²) in [5, 5.41) is 6.66. The molecule has 2 fully saturated rings. The van der Waals surface area contributed by atoms with Gasteiger partial charge in [0.1, 0.15) is 11.5 Å². The van der Waals surface area contributed by atoms with E-state index in [1.807, 2.05) is 0 Å². The highest BCUT2D eigenvalue weighted by atomic mass is 16.5. The summed E-state index contributed by atoms with van der Waals surface area (Å²) in [6.45, 7) is 4.00. The first-order valence-corrected chi connectivity index (χ1v) is 11.3. The van der Waals surface area contributed by atoms with E-state index in [9.17, 15) is 9.59 Å². The Bertz CT molecular complexity index is 980. The molecule has 1 aromatic carbocycles. The van der Waals surface area contributed by atoms with Crippen LogP contribution in [0.1, 0.15) is 68.3 Å². The number of Topliss-reactive ketones (excluding diaryl/α,β-unsaturated/α-hetero) is 1. The van der Waals surface area contributed by atoms with Gasteiger partial charge in [0.05, 0.1) is 0 Å². The lowest BCUT2D eigenvalue weighted by atomic mass is 9.54. The Balaban J connectivity index is 1.33. The van der Waals surface area contributed by atoms with Gasteiger partial charge in [0, 0.05) is 24.3 Å². The van der Waals surface area contributed by atoms with Gasteiger partial charge in [-0.05, 0) is 73.8 Å². The predicted octanol–water partition coefficient (Wildman–Crippen LogP) is 5.05. The highest BCUT2D eigenvalue weighted by Crippen LogP contribution is 2.62. The molecule has 5 heteroatoms. The Labute approximate surface area is 177 Å². The van der Waals surface area contributed by atoms with Crippen molar-refractivity contribution in [2.45, 2.75) is 64.7 Å². The van der Waals surface area contributed by atoms with E-state index >= 15 is 0 Å². The maximum Gasteiger partial charge on any atom is 0.225 e. The molecule has 3 aliphatic rings. The summed E-state index contributed by atoms with van der Waals surface area (Å²) >= 11 is 0. The molecule has 0 aliphatic heterocycles. The molecule has 5 atom stereocenters. The van der Waals surface area contributed by atoms with Crippen molar-refractivity contribution in [2.24, 2.45) is 23.2 Å². The van der Waals surface area contributed by atoms with E-state index in [2.05, 4.69) is 41.7 Å². The van der Waals surface area contributed by atoms with E-state index in [1.165, 1.54) is 11.1 Å². The molecule has 5 rings (SSSR count). The molecule has 1 aromatic heterocycles. The van der Waals surface area contributed by atoms with Gasteiger partial charge in [0.25, 0.3) is 0 Å². The summed E-state index contributed by atoms with van der Waals surface area (Å²) in [5.74, 6) is 3.31. The lowest BCUT2D eigenvalue weighted by Crippen LogP contribution is -2.44. The van der Waals surface area contributed by atoms with Crippen LogP contribution < -0.4 is 5.32 Å². The molecule has 1 amide bonds. The van der Waals surface area contributed by atoms with Crippen molar-refractivity contribution >= 4 is 17.5 Å². The van der Waals surface area contributed by atoms with Gasteiger partial charge in [-0.3, -0.25) is 9.59 Å². The van der Waals surface area contributed by atoms with Crippen LogP contribution in [0.2, 0.25) is 0 Å². The topological polar surface area (TPSA) is 72.2 Å². The van der Waals surface area contributed by atoms with Crippen LogP contribution in [-0.2, 0) is 16.0 Å². The maximum atomic E-state index is 13.1. The second kappa shape index (κ2) is 7.36. The number of aryl methyl sites for hydroxylation is 2. The monoisotopic (exact) mass is 406 g/mol. The molecule has 2 saturated carbocycles. The van der Waals surface area contributed by atoms with Crippen molar-refractivity contribution in [1.82, 2.24) is 5.16 Å². The molecular weight excluding hydrogens is 376 g/mol. The van der Waals surface area contributed by atoms with Crippen LogP contribution in [0.25, 0.3) is 0 Å². The number of nitrogens with zero attached hydrogens (tertiary/aromatic N) is 1. The first-order chi connectivity index (χ1) is 14.5. The number of hydrogen-bond acceptors (Lipinski definition) is 4. The molecule has 3 unspecified atom stereocenters. The van der Waals surface area contributed by atoms with Gasteiger partial charge in [-0.25, -0.2) is 0 Å². The second-order valence-corrected chi connectivity index (χ2v) is 9.79. The summed E-state index contributed by atoms with van der Waals surface area (Å²) in [7, 11) is 0. The molecule has 0 bridgehead atoms. The minimum atomic E-state index is -0.210. The smallest absolute Gasteiger partial charge is 0.225 e. The standard InChI is InChI=1S/C25H30N2O3/c1-15-13-22(27-30-15)26-23(29)10-8-17-14-21(28)25(2)12-11-19-18-6-4-3-5-16(18)7-9-20(19)24(17)25/h3-6,13,17,19-20,24H,7-12,14H2,1-2H3,(H,26,27,29)/t17-,19?,20?,24?,25-/m1/s1. The van der Waals surface area contributed by atoms with Crippen LogP contribution in [0, 0.1) is 30.1 Å². The molecule has 1 N–H and O–H groups in total. The van der Waals surface area contributed by atoms with Crippen LogP contribution in [0.4, 0.5) is 5.82 Å². The molecule has 2 aromatic rings. The molecule has 1 heterocycles. The van der Waals surface area contributed by atoms with Gasteiger partial charge in [-0.15, -0.1) is 0 Å². The molecule has 3 aliphatic carbocycles. The van der Waals surface area contributed by atoms with Gasteiger partial charge >= 0.3 is 0 Å². The third-order valence-corrected chi connectivity index (χ3v) is 8.12. The van der Waals surface area contributed by atoms with Crippen molar-refractivity contribution in [3.05, 3.63) is 47.2 Å². The second-order valence-electron chi connectivity index (χ2n) is 9.79.